The summed E-state index contributed by atoms with van der Waals surface area (Å²) in [6.07, 6.45) is 2.61. The van der Waals surface area contributed by atoms with E-state index in [0.29, 0.717) is 21.5 Å². The largest absolute Gasteiger partial charge is 1.00 e. The van der Waals surface area contributed by atoms with Gasteiger partial charge in [-0.15, -0.1) is 0 Å². The normalized spacial score (nSPS) is 12.9. The van der Waals surface area contributed by atoms with Gasteiger partial charge in [0.05, 0.1) is 39.8 Å². The van der Waals surface area contributed by atoms with Gasteiger partial charge in [0.1, 0.15) is 18.9 Å². The molecule has 0 unspecified atom stereocenters. The Morgan fingerprint density at radius 2 is 1.64 bits per heavy atom. The van der Waals surface area contributed by atoms with Gasteiger partial charge < -0.3 is 18.9 Å². The van der Waals surface area contributed by atoms with E-state index in [9.17, 15) is 37.1 Å². The van der Waals surface area contributed by atoms with E-state index in [1.807, 2.05) is 0 Å². The van der Waals surface area contributed by atoms with E-state index < -0.39 is 73.4 Å². The molecule has 0 spiro atoms. The number of rotatable bonds is 8. The molecule has 0 saturated carbocycles. The molecular formula is C23H18ClF3N9Na2O6P. The van der Waals surface area contributed by atoms with Gasteiger partial charge in [-0.25, -0.2) is 41.9 Å². The predicted molar refractivity (Wildman–Crippen MR) is 138 cm³/mol. The maximum absolute atomic E-state index is 14.8. The van der Waals surface area contributed by atoms with E-state index in [-0.39, 0.29) is 85.0 Å². The van der Waals surface area contributed by atoms with E-state index >= 15 is 0 Å². The number of hydrogen-bond donors (Lipinski definition) is 0. The van der Waals surface area contributed by atoms with Crippen molar-refractivity contribution < 1.29 is 93.9 Å². The Morgan fingerprint density at radius 1 is 0.978 bits per heavy atom. The van der Waals surface area contributed by atoms with Crippen LogP contribution in [-0.4, -0.2) is 38.2 Å². The average Bonchev–Trinajstić information content (AvgIpc) is 3.53. The van der Waals surface area contributed by atoms with Crippen molar-refractivity contribution in [1.82, 2.24) is 38.2 Å². The van der Waals surface area contributed by atoms with Crippen LogP contribution in [0.5, 0.6) is 0 Å². The molecule has 0 saturated heterocycles. The molecule has 45 heavy (non-hydrogen) atoms. The maximum atomic E-state index is 14.8. The Kier molecular flexibility index (Phi) is 11.0. The van der Waals surface area contributed by atoms with Crippen LogP contribution in [-0.2, 0) is 43.0 Å². The van der Waals surface area contributed by atoms with Crippen molar-refractivity contribution in [2.45, 2.75) is 19.8 Å². The number of aryl methyl sites for hydroxylation is 2. The van der Waals surface area contributed by atoms with Crippen LogP contribution in [0.15, 0.2) is 51.4 Å². The van der Waals surface area contributed by atoms with E-state index in [1.165, 1.54) is 23.9 Å². The third-order valence-corrected chi connectivity index (χ3v) is 6.54. The van der Waals surface area contributed by atoms with E-state index in [1.54, 1.807) is 13.2 Å². The fraction of sp³-hybridized carbons (Fsp3) is 0.217. The average molecular weight is 688 g/mol. The molecule has 22 heteroatoms. The van der Waals surface area contributed by atoms with Crippen molar-refractivity contribution >= 4 is 36.0 Å². The van der Waals surface area contributed by atoms with Gasteiger partial charge in [-0.05, 0) is 18.2 Å². The summed E-state index contributed by atoms with van der Waals surface area (Å²) < 4.78 is 78.7. The fourth-order valence-corrected chi connectivity index (χ4v) is 4.39. The van der Waals surface area contributed by atoms with Crippen molar-refractivity contribution in [2.24, 2.45) is 19.1 Å². The van der Waals surface area contributed by atoms with Gasteiger partial charge >= 0.3 is 70.5 Å². The van der Waals surface area contributed by atoms with Crippen LogP contribution in [0.4, 0.5) is 18.9 Å². The zero-order valence-corrected chi connectivity index (χ0v) is 29.5. The number of phosphoric acid groups is 1. The summed E-state index contributed by atoms with van der Waals surface area (Å²) >= 11 is 6.38. The van der Waals surface area contributed by atoms with E-state index in [4.69, 9.17) is 14.3 Å². The first kappa shape index (κ1) is 34.0. The summed E-state index contributed by atoms with van der Waals surface area (Å²) in [6, 6.07) is 3.32. The molecule has 0 aliphatic carbocycles. The molecule has 0 fully saturated rings. The van der Waals surface area contributed by atoms with Gasteiger partial charge in [0.25, 0.3) is 0 Å². The SMILES string of the molecule is [2H]C([2H])(c1ncn(C)n1)n1c(=O)n(COP(=O)([O-])[O-])c(=Nc2cc3cn(C)nc3cc2Cl)n(Cc2cc(F)c(F)cc2F)c1=O.[Na+].[Na+]. The molecule has 5 aromatic rings. The summed E-state index contributed by atoms with van der Waals surface area (Å²) in [6.45, 7) is -5.66. The summed E-state index contributed by atoms with van der Waals surface area (Å²) in [7, 11) is -2.86. The second kappa shape index (κ2) is 14.6. The van der Waals surface area contributed by atoms with Gasteiger partial charge in [0.2, 0.25) is 5.62 Å². The third-order valence-electron chi connectivity index (χ3n) is 5.81. The van der Waals surface area contributed by atoms with Crippen molar-refractivity contribution in [2.75, 3.05) is 0 Å². The van der Waals surface area contributed by atoms with Gasteiger partial charge in [0.15, 0.2) is 17.5 Å². The van der Waals surface area contributed by atoms with Crippen molar-refractivity contribution in [3.05, 3.63) is 97.2 Å². The molecule has 0 radical (unpaired) electrons. The first-order chi connectivity index (χ1) is 21.0. The van der Waals surface area contributed by atoms with E-state index in [2.05, 4.69) is 24.7 Å². The van der Waals surface area contributed by atoms with Crippen LogP contribution >= 0.6 is 19.4 Å². The maximum Gasteiger partial charge on any atom is 1.00 e. The fourth-order valence-electron chi connectivity index (χ4n) is 3.93. The van der Waals surface area contributed by atoms with E-state index in [0.717, 1.165) is 11.0 Å². The topological polar surface area (TPSA) is 182 Å². The standard InChI is InChI=1S/C23H20ClF3N9O6P.2Na/c1-32-7-13-4-19(14(24)5-18(13)30-32)29-21-34(8-12-3-16(26)17(27)6-15(12)25)22(37)35(9-20-28-10-33(2)31-20)23(38)36(21)11-42-43(39,40)41;;/h3-7,10H,8-9,11H2,1-2H3,(H2,39,40,41);;/q;2*+1/p-2/i9D2;;. The molecule has 3 aromatic heterocycles. The van der Waals surface area contributed by atoms with Crippen LogP contribution in [0.1, 0.15) is 14.1 Å². The molecule has 2 aromatic carbocycles. The molecule has 3 heterocycles. The molecular weight excluding hydrogens is 668 g/mol. The monoisotopic (exact) mass is 687 g/mol. The second-order valence-corrected chi connectivity index (χ2v) is 10.5. The predicted octanol–water partition coefficient (Wildman–Crippen LogP) is -5.96. The molecule has 0 atom stereocenters. The number of benzene rings is 2. The third kappa shape index (κ3) is 8.33. The Balaban J connectivity index is 0.00000300. The van der Waals surface area contributed by atoms with Gasteiger partial charge in [0, 0.05) is 37.3 Å². The van der Waals surface area contributed by atoms with Crippen molar-refractivity contribution in [1.29, 1.82) is 0 Å². The number of nitrogens with zero attached hydrogens (tertiary/aromatic N) is 9. The summed E-state index contributed by atoms with van der Waals surface area (Å²) in [5.41, 5.74) is -4.46. The number of halogens is 4. The molecule has 0 amide bonds. The van der Waals surface area contributed by atoms with Gasteiger partial charge in [-0.2, -0.15) is 10.2 Å². The Morgan fingerprint density at radius 3 is 2.29 bits per heavy atom. The molecule has 5 rings (SSSR count). The minimum Gasteiger partial charge on any atom is -0.790 e. The molecule has 0 aliphatic heterocycles. The Labute approximate surface area is 302 Å². The molecule has 0 bridgehead atoms. The molecule has 226 valence electrons. The quantitative estimate of drug-likeness (QED) is 0.0872. The second-order valence-electron chi connectivity index (χ2n) is 8.91. The summed E-state index contributed by atoms with van der Waals surface area (Å²) in [5, 5.41) is 8.31. The zero-order valence-electron chi connectivity index (χ0n) is 25.8. The molecule has 0 N–H and O–H groups in total. The van der Waals surface area contributed by atoms with Crippen LogP contribution in [0.3, 0.4) is 0 Å². The Hall–Kier alpha value is -2.35. The Bertz CT molecular complexity index is 2240. The van der Waals surface area contributed by atoms with Crippen LogP contribution < -0.4 is 85.9 Å². The zero-order chi connectivity index (χ0) is 33.0. The van der Waals surface area contributed by atoms with Crippen LogP contribution in [0.2, 0.25) is 5.02 Å². The van der Waals surface area contributed by atoms with Crippen molar-refractivity contribution in [3.63, 3.8) is 0 Å². The minimum absolute atomic E-state index is 0. The van der Waals surface area contributed by atoms with Gasteiger partial charge in [-0.3, -0.25) is 13.9 Å². The minimum atomic E-state index is -5.82. The number of fused-ring (bicyclic) bond motifs is 1. The van der Waals surface area contributed by atoms with Crippen LogP contribution in [0.25, 0.3) is 10.9 Å². The first-order valence-electron chi connectivity index (χ1n) is 12.8. The van der Waals surface area contributed by atoms with Crippen LogP contribution in [0, 0.1) is 17.5 Å². The van der Waals surface area contributed by atoms with Gasteiger partial charge in [-0.1, -0.05) is 11.6 Å². The smallest absolute Gasteiger partial charge is 0.790 e. The van der Waals surface area contributed by atoms with Crippen molar-refractivity contribution in [3.8, 4) is 0 Å². The molecule has 15 nitrogen and oxygen atoms in total. The number of hydrogen-bond acceptors (Lipinski definition) is 10. The summed E-state index contributed by atoms with van der Waals surface area (Å²) in [5.74, 6) is -5.13. The molecule has 0 aliphatic rings. The summed E-state index contributed by atoms with van der Waals surface area (Å²) in [4.78, 5) is 58.5. The number of phosphoric ester groups is 1. The first-order valence-corrected chi connectivity index (χ1v) is 13.6. The number of aromatic nitrogens is 8.